The van der Waals surface area contributed by atoms with Gasteiger partial charge >= 0.3 is 0 Å². The molecular weight excluding hydrogens is 100 g/mol. The molecule has 42 valence electrons. The number of hydrogen-bond acceptors (Lipinski definition) is 2. The van der Waals surface area contributed by atoms with Gasteiger partial charge in [-0.2, -0.15) is 0 Å². The standard InChI is InChI=1S/C6H8N2/c1-7-6-2-4-8-5-3-6/h2-5H,1H3,(H,7,8)/i2D. The van der Waals surface area contributed by atoms with Crippen molar-refractivity contribution in [3.8, 4) is 0 Å². The number of pyridine rings is 1. The third-order valence-corrected chi connectivity index (χ3v) is 0.891. The van der Waals surface area contributed by atoms with Gasteiger partial charge in [0.05, 0.1) is 1.37 Å². The van der Waals surface area contributed by atoms with Gasteiger partial charge < -0.3 is 5.32 Å². The maximum atomic E-state index is 7.25. The summed E-state index contributed by atoms with van der Waals surface area (Å²) in [6.07, 6.45) is 3.16. The molecule has 1 heterocycles. The molecular formula is C6H8N2. The van der Waals surface area contributed by atoms with Gasteiger partial charge in [0.1, 0.15) is 0 Å². The summed E-state index contributed by atoms with van der Waals surface area (Å²) in [7, 11) is 1.79. The normalized spacial score (nSPS) is 10.4. The SMILES string of the molecule is [2H]c1cnccc1NC. The molecule has 0 aliphatic rings. The fraction of sp³-hybridized carbons (Fsp3) is 0.167. The molecule has 8 heavy (non-hydrogen) atoms. The Hall–Kier alpha value is -1.05. The maximum absolute atomic E-state index is 7.25. The van der Waals surface area contributed by atoms with Gasteiger partial charge in [0.25, 0.3) is 0 Å². The number of nitrogens with zero attached hydrogens (tertiary/aromatic N) is 1. The Balaban J connectivity index is 3.01. The van der Waals surface area contributed by atoms with Crippen LogP contribution in [0.25, 0.3) is 0 Å². The third kappa shape index (κ3) is 0.964. The predicted octanol–water partition coefficient (Wildman–Crippen LogP) is 1.12. The van der Waals surface area contributed by atoms with Gasteiger partial charge in [-0.15, -0.1) is 0 Å². The maximum Gasteiger partial charge on any atom is 0.0661 e. The van der Waals surface area contributed by atoms with Crippen LogP contribution in [0.1, 0.15) is 1.37 Å². The first-order valence-corrected chi connectivity index (χ1v) is 2.43. The third-order valence-electron chi connectivity index (χ3n) is 0.891. The van der Waals surface area contributed by atoms with E-state index in [1.807, 2.05) is 0 Å². The molecule has 0 saturated heterocycles. The van der Waals surface area contributed by atoms with Crippen LogP contribution in [0.15, 0.2) is 24.5 Å². The van der Waals surface area contributed by atoms with E-state index < -0.39 is 0 Å². The van der Waals surface area contributed by atoms with Crippen molar-refractivity contribution in [1.82, 2.24) is 4.98 Å². The fourth-order valence-corrected chi connectivity index (χ4v) is 0.471. The molecule has 0 aliphatic carbocycles. The monoisotopic (exact) mass is 109 g/mol. The molecule has 0 atom stereocenters. The van der Waals surface area contributed by atoms with Crippen LogP contribution in [-0.2, 0) is 0 Å². The molecule has 0 fully saturated rings. The molecule has 0 unspecified atom stereocenters. The van der Waals surface area contributed by atoms with Crippen LogP contribution < -0.4 is 5.32 Å². The first kappa shape index (κ1) is 3.89. The summed E-state index contributed by atoms with van der Waals surface area (Å²) in [6.45, 7) is 0. The second-order valence-corrected chi connectivity index (χ2v) is 1.40. The molecule has 0 aromatic carbocycles. The smallest absolute Gasteiger partial charge is 0.0661 e. The summed E-state index contributed by atoms with van der Waals surface area (Å²) in [5, 5.41) is 2.87. The summed E-state index contributed by atoms with van der Waals surface area (Å²) in [5.41, 5.74) is 0.810. The molecule has 1 aromatic rings. The highest BCUT2D eigenvalue weighted by Crippen LogP contribution is 1.99. The Morgan fingerprint density at radius 3 is 3.12 bits per heavy atom. The van der Waals surface area contributed by atoms with Crippen LogP contribution >= 0.6 is 0 Å². The lowest BCUT2D eigenvalue weighted by Crippen LogP contribution is -1.85. The molecule has 0 amide bonds. The van der Waals surface area contributed by atoms with Crippen molar-refractivity contribution < 1.29 is 1.37 Å². The minimum Gasteiger partial charge on any atom is -0.388 e. The lowest BCUT2D eigenvalue weighted by Gasteiger charge is -1.93. The van der Waals surface area contributed by atoms with Crippen molar-refractivity contribution in [2.24, 2.45) is 0 Å². The second kappa shape index (κ2) is 2.31. The van der Waals surface area contributed by atoms with E-state index >= 15 is 0 Å². The quantitative estimate of drug-likeness (QED) is 0.584. The molecule has 0 aliphatic heterocycles. The molecule has 0 bridgehead atoms. The number of nitrogens with one attached hydrogen (secondary N) is 1. The van der Waals surface area contributed by atoms with Crippen molar-refractivity contribution >= 4 is 5.69 Å². The molecule has 0 saturated carbocycles. The van der Waals surface area contributed by atoms with E-state index in [0.29, 0.717) is 6.04 Å². The van der Waals surface area contributed by atoms with E-state index in [1.54, 1.807) is 19.3 Å². The number of hydrogen-bond donors (Lipinski definition) is 1. The molecule has 1 rings (SSSR count). The lowest BCUT2D eigenvalue weighted by atomic mass is 10.4. The second-order valence-electron chi connectivity index (χ2n) is 1.40. The predicted molar refractivity (Wildman–Crippen MR) is 33.8 cm³/mol. The minimum absolute atomic E-state index is 0.431. The van der Waals surface area contributed by atoms with Gasteiger partial charge in [0.15, 0.2) is 0 Å². The van der Waals surface area contributed by atoms with Crippen molar-refractivity contribution in [2.45, 2.75) is 0 Å². The van der Waals surface area contributed by atoms with Gasteiger partial charge in [0, 0.05) is 25.1 Å². The van der Waals surface area contributed by atoms with E-state index in [2.05, 4.69) is 10.3 Å². The first-order valence-electron chi connectivity index (χ1n) is 2.93. The minimum atomic E-state index is 0.431. The van der Waals surface area contributed by atoms with Crippen LogP contribution in [0.3, 0.4) is 0 Å². The summed E-state index contributed by atoms with van der Waals surface area (Å²) in [5.74, 6) is 0. The topological polar surface area (TPSA) is 24.9 Å². The number of anilines is 1. The highest BCUT2D eigenvalue weighted by Gasteiger charge is 1.78. The van der Waals surface area contributed by atoms with Crippen LogP contribution in [0.5, 0.6) is 0 Å². The lowest BCUT2D eigenvalue weighted by molar-refractivity contribution is 1.32. The first-order chi connectivity index (χ1) is 4.34. The van der Waals surface area contributed by atoms with Crippen molar-refractivity contribution in [2.75, 3.05) is 12.4 Å². The summed E-state index contributed by atoms with van der Waals surface area (Å²) < 4.78 is 7.25. The average Bonchev–Trinajstić information content (AvgIpc) is 1.89. The molecule has 0 spiro atoms. The van der Waals surface area contributed by atoms with E-state index in [4.69, 9.17) is 1.37 Å². The zero-order chi connectivity index (χ0) is 6.69. The molecule has 1 N–H and O–H groups in total. The van der Waals surface area contributed by atoms with Gasteiger partial charge in [-0.1, -0.05) is 0 Å². The zero-order valence-corrected chi connectivity index (χ0v) is 4.68. The van der Waals surface area contributed by atoms with Crippen LogP contribution in [0.2, 0.25) is 0 Å². The van der Waals surface area contributed by atoms with Gasteiger partial charge in [-0.05, 0) is 12.1 Å². The van der Waals surface area contributed by atoms with E-state index in [1.165, 1.54) is 6.20 Å². The zero-order valence-electron chi connectivity index (χ0n) is 5.68. The number of rotatable bonds is 1. The Morgan fingerprint density at radius 1 is 1.75 bits per heavy atom. The van der Waals surface area contributed by atoms with Crippen molar-refractivity contribution in [3.63, 3.8) is 0 Å². The fourth-order valence-electron chi connectivity index (χ4n) is 0.471. The summed E-state index contributed by atoms with van der Waals surface area (Å²) in [6, 6.07) is 2.20. The van der Waals surface area contributed by atoms with Crippen LogP contribution in [0, 0.1) is 0 Å². The molecule has 2 nitrogen and oxygen atoms in total. The highest BCUT2D eigenvalue weighted by molar-refractivity contribution is 5.39. The van der Waals surface area contributed by atoms with Crippen molar-refractivity contribution in [3.05, 3.63) is 24.5 Å². The Kier molecular flexibility index (Phi) is 1.12. The Labute approximate surface area is 50.0 Å². The van der Waals surface area contributed by atoms with E-state index in [-0.39, 0.29) is 0 Å². The van der Waals surface area contributed by atoms with Gasteiger partial charge in [0.2, 0.25) is 0 Å². The molecule has 1 aromatic heterocycles. The number of aromatic nitrogens is 1. The van der Waals surface area contributed by atoms with Crippen molar-refractivity contribution in [1.29, 1.82) is 0 Å². The highest BCUT2D eigenvalue weighted by atomic mass is 14.8. The largest absolute Gasteiger partial charge is 0.388 e. The Bertz CT molecular complexity index is 200. The summed E-state index contributed by atoms with van der Waals surface area (Å²) >= 11 is 0. The van der Waals surface area contributed by atoms with Crippen LogP contribution in [-0.4, -0.2) is 12.0 Å². The molecule has 2 heteroatoms. The van der Waals surface area contributed by atoms with Gasteiger partial charge in [-0.25, -0.2) is 0 Å². The van der Waals surface area contributed by atoms with E-state index in [9.17, 15) is 0 Å². The Morgan fingerprint density at radius 2 is 2.62 bits per heavy atom. The van der Waals surface area contributed by atoms with Crippen LogP contribution in [0.4, 0.5) is 5.69 Å². The van der Waals surface area contributed by atoms with Gasteiger partial charge in [-0.3, -0.25) is 4.98 Å². The molecule has 0 radical (unpaired) electrons. The van der Waals surface area contributed by atoms with E-state index in [0.717, 1.165) is 5.69 Å². The summed E-state index contributed by atoms with van der Waals surface area (Å²) in [4.78, 5) is 3.77. The average molecular weight is 109 g/mol.